The first-order valence-corrected chi connectivity index (χ1v) is 45.8. The average molecular weight is 1690 g/mol. The highest BCUT2D eigenvalue weighted by molar-refractivity contribution is 6.15. The van der Waals surface area contributed by atoms with Gasteiger partial charge in [0.05, 0.1) is 83.3 Å². The molecule has 0 spiro atoms. The highest BCUT2D eigenvalue weighted by atomic mass is 15.2. The van der Waals surface area contributed by atoms with Crippen LogP contribution in [0.15, 0.2) is 491 Å². The second-order valence-corrected chi connectivity index (χ2v) is 35.0. The molecule has 6 aromatic heterocycles. The predicted octanol–water partition coefficient (Wildman–Crippen LogP) is 33.7. The van der Waals surface area contributed by atoms with Crippen LogP contribution in [0.25, 0.3) is 232 Å². The molecule has 0 saturated heterocycles. The van der Waals surface area contributed by atoms with Crippen LogP contribution in [-0.4, -0.2) is 27.4 Å². The number of anilines is 3. The highest BCUT2D eigenvalue weighted by Gasteiger charge is 2.28. The molecule has 7 heteroatoms. The van der Waals surface area contributed by atoms with Crippen LogP contribution in [0, 0.1) is 0 Å². The van der Waals surface area contributed by atoms with E-state index in [9.17, 15) is 0 Å². The lowest BCUT2D eigenvalue weighted by Gasteiger charge is -2.32. The van der Waals surface area contributed by atoms with Gasteiger partial charge in [0.15, 0.2) is 0 Å². The lowest BCUT2D eigenvalue weighted by Crippen LogP contribution is -2.14. The molecule has 27 aromatic rings. The fraction of sp³-hybridized carbons (Fsp3) is 0. The van der Waals surface area contributed by atoms with Crippen LogP contribution in [0.3, 0.4) is 0 Å². The van der Waals surface area contributed by atoms with E-state index < -0.39 is 0 Å². The summed E-state index contributed by atoms with van der Waals surface area (Å²) in [6.45, 7) is 0. The molecular formula is C126H81N7. The van der Waals surface area contributed by atoms with Crippen LogP contribution in [-0.2, 0) is 0 Å². The second-order valence-electron chi connectivity index (χ2n) is 35.0. The lowest BCUT2D eigenvalue weighted by molar-refractivity contribution is 1.18. The van der Waals surface area contributed by atoms with Crippen molar-refractivity contribution in [2.45, 2.75) is 0 Å². The summed E-state index contributed by atoms with van der Waals surface area (Å²) in [7, 11) is 0. The number of para-hydroxylation sites is 12. The number of nitrogens with zero attached hydrogens (tertiary/aromatic N) is 7. The van der Waals surface area contributed by atoms with Crippen molar-refractivity contribution < 1.29 is 0 Å². The van der Waals surface area contributed by atoms with Gasteiger partial charge in [0.25, 0.3) is 0 Å². The van der Waals surface area contributed by atoms with Crippen molar-refractivity contribution >= 4 is 148 Å². The Morgan fingerprint density at radius 2 is 0.241 bits per heavy atom. The minimum atomic E-state index is 0.994. The molecule has 21 aromatic carbocycles. The molecular weight excluding hydrogens is 1610 g/mol. The number of aromatic nitrogens is 6. The van der Waals surface area contributed by atoms with Crippen LogP contribution in [0.1, 0.15) is 0 Å². The molecule has 0 bridgehead atoms. The number of benzene rings is 21. The molecule has 27 rings (SSSR count). The molecule has 620 valence electrons. The molecule has 6 heterocycles. The van der Waals surface area contributed by atoms with E-state index in [-0.39, 0.29) is 0 Å². The third-order valence-corrected chi connectivity index (χ3v) is 27.9. The van der Waals surface area contributed by atoms with Crippen LogP contribution >= 0.6 is 0 Å². The zero-order valence-corrected chi connectivity index (χ0v) is 72.4. The first-order chi connectivity index (χ1) is 66.0. The number of rotatable bonds is 15. The molecule has 0 aliphatic heterocycles. The Balaban J connectivity index is 0.709. The fourth-order valence-electron chi connectivity index (χ4n) is 21.8. The average Bonchev–Trinajstić information content (AvgIpc) is 1.65. The smallest absolute Gasteiger partial charge is 0.0541 e. The third kappa shape index (κ3) is 12.1. The monoisotopic (exact) mass is 1690 g/mol. The third-order valence-electron chi connectivity index (χ3n) is 27.9. The van der Waals surface area contributed by atoms with Crippen molar-refractivity contribution in [2.75, 3.05) is 4.90 Å². The van der Waals surface area contributed by atoms with Crippen LogP contribution in [0.5, 0.6) is 0 Å². The molecule has 0 aliphatic rings. The summed E-state index contributed by atoms with van der Waals surface area (Å²) in [4.78, 5) is 2.60. The molecule has 0 amide bonds. The first kappa shape index (κ1) is 75.4. The first-order valence-electron chi connectivity index (χ1n) is 45.8. The number of hydrogen-bond donors (Lipinski definition) is 0. The van der Waals surface area contributed by atoms with Gasteiger partial charge in [0.2, 0.25) is 0 Å². The van der Waals surface area contributed by atoms with Crippen molar-refractivity contribution in [1.29, 1.82) is 0 Å². The van der Waals surface area contributed by atoms with Crippen molar-refractivity contribution in [3.63, 3.8) is 0 Å². The van der Waals surface area contributed by atoms with E-state index in [2.05, 4.69) is 524 Å². The predicted molar refractivity (Wildman–Crippen MR) is 560 cm³/mol. The highest BCUT2D eigenvalue weighted by Crippen LogP contribution is 2.52. The van der Waals surface area contributed by atoms with E-state index in [1.807, 2.05) is 0 Å². The molecule has 0 fully saturated rings. The van der Waals surface area contributed by atoms with E-state index in [0.29, 0.717) is 0 Å². The van der Waals surface area contributed by atoms with Crippen LogP contribution in [0.2, 0.25) is 0 Å². The quantitative estimate of drug-likeness (QED) is 0.101. The summed E-state index contributed by atoms with van der Waals surface area (Å²) in [6, 6.07) is 183. The van der Waals surface area contributed by atoms with E-state index >= 15 is 0 Å². The van der Waals surface area contributed by atoms with Gasteiger partial charge in [-0.3, -0.25) is 0 Å². The molecule has 0 unspecified atom stereocenters. The van der Waals surface area contributed by atoms with Gasteiger partial charge in [-0.1, -0.05) is 309 Å². The SMILES string of the molecule is c1ccc2c(c1)c1ccccc1n2-c1ccc(-c2ccc(N(c3ccc(-c4ccc(-n5c6ccccc6c6ccccc65)cc4)cc3-c3ccc(-n4c5ccccc5c5ccccc54)cc3)c3ccc(-c4ccc(-n5c6ccccc6c6ccccc65)cc4)cc3-c3ccc(-n4c5ccccc5c5ccccc54)cc3)c(-c3ccc(-n4c5ccccc5c5ccccc54)cc3)c2)cc1. The maximum atomic E-state index is 2.60. The van der Waals surface area contributed by atoms with Crippen molar-refractivity contribution in [1.82, 2.24) is 27.4 Å². The van der Waals surface area contributed by atoms with Gasteiger partial charge in [0.1, 0.15) is 0 Å². The molecule has 0 aliphatic carbocycles. The van der Waals surface area contributed by atoms with Gasteiger partial charge in [-0.05, 0) is 232 Å². The summed E-state index contributed by atoms with van der Waals surface area (Å²) >= 11 is 0. The standard InChI is InChI=1S/C126H81N7/c1-13-37-112-97(25-1)98-26-2-14-38-113(98)127(112)91-64-49-82(50-65-91)88-61-76-124(109(79-88)85-55-70-94(71-56-85)130-118-43-19-7-31-103(118)104-32-8-20-44-119(104)130)133(125-77-62-89(83-51-66-92(67-52-83)128-114-39-15-3-27-99(114)100-28-4-16-40-115(100)128)80-110(125)86-57-72-95(73-58-86)131-120-45-21-9-33-105(120)106-34-10-22-46-121(106)131)126-78-63-90(84-53-68-93(69-54-84)129-116-41-17-5-29-101(116)102-30-6-18-42-117(102)129)81-111(126)87-59-74-96(75-60-87)132-122-47-23-11-35-107(122)108-36-12-24-48-123(108)132/h1-81H. The van der Waals surface area contributed by atoms with Crippen LogP contribution < -0.4 is 4.90 Å². The maximum absolute atomic E-state index is 2.60. The van der Waals surface area contributed by atoms with Gasteiger partial charge in [-0.25, -0.2) is 0 Å². The Labute approximate surface area is 767 Å². The van der Waals surface area contributed by atoms with E-state index in [1.165, 1.54) is 97.7 Å². The Morgan fingerprint density at radius 1 is 0.113 bits per heavy atom. The van der Waals surface area contributed by atoms with Crippen molar-refractivity contribution in [3.8, 4) is 101 Å². The topological polar surface area (TPSA) is 32.8 Å². The van der Waals surface area contributed by atoms with Gasteiger partial charge in [-0.15, -0.1) is 0 Å². The number of fused-ring (bicyclic) bond motifs is 18. The van der Waals surface area contributed by atoms with E-state index in [1.54, 1.807) is 0 Å². The Morgan fingerprint density at radius 3 is 0.391 bits per heavy atom. The Bertz CT molecular complexity index is 8180. The minimum absolute atomic E-state index is 0.994. The van der Waals surface area contributed by atoms with Gasteiger partial charge < -0.3 is 32.3 Å². The van der Waals surface area contributed by atoms with Crippen molar-refractivity contribution in [2.24, 2.45) is 0 Å². The second kappa shape index (κ2) is 30.5. The summed E-state index contributed by atoms with van der Waals surface area (Å²) in [6.07, 6.45) is 0. The normalized spacial score (nSPS) is 11.9. The summed E-state index contributed by atoms with van der Waals surface area (Å²) < 4.78 is 14.5. The number of hydrogen-bond acceptors (Lipinski definition) is 1. The van der Waals surface area contributed by atoms with E-state index in [4.69, 9.17) is 0 Å². The maximum Gasteiger partial charge on any atom is 0.0541 e. The fourth-order valence-corrected chi connectivity index (χ4v) is 21.8. The summed E-state index contributed by atoms with van der Waals surface area (Å²) in [5.74, 6) is 0. The zero-order valence-electron chi connectivity index (χ0n) is 72.4. The largest absolute Gasteiger partial charge is 0.309 e. The zero-order chi connectivity index (χ0) is 87.3. The van der Waals surface area contributed by atoms with Gasteiger partial charge >= 0.3 is 0 Å². The summed E-state index contributed by atoms with van der Waals surface area (Å²) in [5.41, 5.74) is 36.4. The Kier molecular flexibility index (Phi) is 17.3. The Hall–Kier alpha value is -17.8. The van der Waals surface area contributed by atoms with Gasteiger partial charge in [-0.2, -0.15) is 0 Å². The molecule has 7 nitrogen and oxygen atoms in total. The van der Waals surface area contributed by atoms with Crippen LogP contribution in [0.4, 0.5) is 17.1 Å². The van der Waals surface area contributed by atoms with Crippen molar-refractivity contribution in [3.05, 3.63) is 491 Å². The molecule has 0 N–H and O–H groups in total. The van der Waals surface area contributed by atoms with Gasteiger partial charge in [0, 0.05) is 115 Å². The van der Waals surface area contributed by atoms with E-state index in [0.717, 1.165) is 151 Å². The minimum Gasteiger partial charge on any atom is -0.309 e. The lowest BCUT2D eigenvalue weighted by atomic mass is 9.91. The molecule has 0 radical (unpaired) electrons. The molecule has 0 atom stereocenters. The molecule has 133 heavy (non-hydrogen) atoms. The summed E-state index contributed by atoms with van der Waals surface area (Å²) in [5, 5.41) is 14.7. The molecule has 0 saturated carbocycles.